The van der Waals surface area contributed by atoms with Crippen LogP contribution in [0.1, 0.15) is 30.9 Å². The minimum atomic E-state index is 0.951. The fourth-order valence-corrected chi connectivity index (χ4v) is 5.44. The topological polar surface area (TPSA) is 31.0 Å². The monoisotopic (exact) mass is 466 g/mol. The molecule has 4 aromatic carbocycles. The first-order valence-electron chi connectivity index (χ1n) is 12.7. The van der Waals surface area contributed by atoms with E-state index in [2.05, 4.69) is 102 Å². The van der Waals surface area contributed by atoms with Crippen LogP contribution in [0.4, 0.5) is 0 Å². The van der Waals surface area contributed by atoms with Crippen LogP contribution in [-0.2, 0) is 6.42 Å². The third-order valence-corrected chi connectivity index (χ3v) is 7.28. The normalized spacial score (nSPS) is 13.2. The lowest BCUT2D eigenvalue weighted by Crippen LogP contribution is -2.26. The molecule has 6 aromatic rings. The van der Waals surface area contributed by atoms with Crippen molar-refractivity contribution in [3.63, 3.8) is 0 Å². The summed E-state index contributed by atoms with van der Waals surface area (Å²) in [5.41, 5.74) is 10.1. The summed E-state index contributed by atoms with van der Waals surface area (Å²) in [5.74, 6) is 0.951. The van der Waals surface area contributed by atoms with Crippen LogP contribution in [-0.4, -0.2) is 9.55 Å². The summed E-state index contributed by atoms with van der Waals surface area (Å²) < 4.78 is 8.65. The number of imidazole rings is 1. The highest BCUT2D eigenvalue weighted by Gasteiger charge is 2.17. The summed E-state index contributed by atoms with van der Waals surface area (Å²) in [5, 5.41) is 2.48. The van der Waals surface area contributed by atoms with Crippen molar-refractivity contribution >= 4 is 33.7 Å². The fraction of sp³-hybridized carbons (Fsp3) is 0.121. The number of hydrogen-bond donors (Lipinski definition) is 0. The van der Waals surface area contributed by atoms with Gasteiger partial charge in [-0.1, -0.05) is 73.7 Å². The Morgan fingerprint density at radius 3 is 2.44 bits per heavy atom. The molecule has 36 heavy (non-hydrogen) atoms. The van der Waals surface area contributed by atoms with E-state index in [1.165, 1.54) is 27.3 Å². The minimum absolute atomic E-state index is 0.951. The molecule has 1 aliphatic rings. The average Bonchev–Trinajstić information content (AvgIpc) is 3.52. The maximum atomic E-state index is 6.40. The van der Waals surface area contributed by atoms with E-state index >= 15 is 0 Å². The van der Waals surface area contributed by atoms with Gasteiger partial charge >= 0.3 is 0 Å². The molecule has 3 nitrogen and oxygen atoms in total. The molecule has 0 fully saturated rings. The lowest BCUT2D eigenvalue weighted by molar-refractivity contribution is 0.568. The van der Waals surface area contributed by atoms with Crippen molar-refractivity contribution in [2.45, 2.75) is 26.2 Å². The lowest BCUT2D eigenvalue weighted by Gasteiger charge is -2.11. The zero-order chi connectivity index (χ0) is 24.1. The molecular weight excluding hydrogens is 440 g/mol. The molecule has 0 amide bonds. The van der Waals surface area contributed by atoms with Crippen molar-refractivity contribution in [2.75, 3.05) is 0 Å². The van der Waals surface area contributed by atoms with Crippen LogP contribution in [0.3, 0.4) is 0 Å². The van der Waals surface area contributed by atoms with Gasteiger partial charge in [-0.15, -0.1) is 0 Å². The third kappa shape index (κ3) is 3.31. The summed E-state index contributed by atoms with van der Waals surface area (Å²) >= 11 is 0. The predicted molar refractivity (Wildman–Crippen MR) is 148 cm³/mol. The maximum absolute atomic E-state index is 6.40. The molecule has 0 spiro atoms. The highest BCUT2D eigenvalue weighted by Crippen LogP contribution is 2.30. The molecule has 0 radical (unpaired) electrons. The second-order valence-corrected chi connectivity index (χ2v) is 9.42. The Morgan fingerprint density at radius 1 is 0.833 bits per heavy atom. The molecule has 7 rings (SSSR count). The van der Waals surface area contributed by atoms with Gasteiger partial charge in [0.05, 0.1) is 11.0 Å². The van der Waals surface area contributed by atoms with E-state index < -0.39 is 0 Å². The number of aryl methyl sites for hydroxylation is 1. The van der Waals surface area contributed by atoms with E-state index in [4.69, 9.17) is 9.40 Å². The molecular formula is C33H26N2O. The Kier molecular flexibility index (Phi) is 4.88. The number of aromatic nitrogens is 2. The molecule has 0 saturated carbocycles. The van der Waals surface area contributed by atoms with E-state index in [1.54, 1.807) is 0 Å². The Bertz CT molecular complexity index is 1860. The molecule has 3 heteroatoms. The summed E-state index contributed by atoms with van der Waals surface area (Å²) in [7, 11) is 0. The molecule has 174 valence electrons. The highest BCUT2D eigenvalue weighted by atomic mass is 16.3. The van der Waals surface area contributed by atoms with Crippen molar-refractivity contribution < 1.29 is 4.42 Å². The van der Waals surface area contributed by atoms with Gasteiger partial charge in [-0.25, -0.2) is 4.98 Å². The van der Waals surface area contributed by atoms with Gasteiger partial charge < -0.3 is 4.42 Å². The van der Waals surface area contributed by atoms with Crippen molar-refractivity contribution in [1.82, 2.24) is 9.55 Å². The third-order valence-electron chi connectivity index (χ3n) is 7.28. The lowest BCUT2D eigenvalue weighted by atomic mass is 9.95. The van der Waals surface area contributed by atoms with Crippen LogP contribution < -0.4 is 10.6 Å². The zero-order valence-corrected chi connectivity index (χ0v) is 20.2. The first-order valence-corrected chi connectivity index (χ1v) is 12.7. The molecule has 1 aliphatic carbocycles. The molecule has 0 atom stereocenters. The summed E-state index contributed by atoms with van der Waals surface area (Å²) in [6.45, 7) is 2.20. The zero-order valence-electron chi connectivity index (χ0n) is 20.2. The standard InChI is InChI=1S/C33H26N2O/c1-2-22-15-20-31-28(21-22)27-12-8-11-26(32(27)36-31)23-16-18-24(19-17-23)33-34-29-13-6-7-14-30(29)35(33)25-9-4-3-5-10-25/h3-7,9-10,12-21H,2,8,11H2,1H3. The van der Waals surface area contributed by atoms with E-state index in [9.17, 15) is 0 Å². The summed E-state index contributed by atoms with van der Waals surface area (Å²) in [4.78, 5) is 5.02. The second kappa shape index (κ2) is 8.39. The smallest absolute Gasteiger partial charge is 0.145 e. The van der Waals surface area contributed by atoms with Crippen molar-refractivity contribution in [2.24, 2.45) is 0 Å². The Hall–Kier alpha value is -4.37. The number of benzene rings is 4. The van der Waals surface area contributed by atoms with Crippen molar-refractivity contribution in [1.29, 1.82) is 0 Å². The van der Waals surface area contributed by atoms with Gasteiger partial charge in [0.2, 0.25) is 0 Å². The van der Waals surface area contributed by atoms with E-state index in [0.717, 1.165) is 58.4 Å². The van der Waals surface area contributed by atoms with Crippen LogP contribution in [0.2, 0.25) is 0 Å². The van der Waals surface area contributed by atoms with Gasteiger partial charge in [0.15, 0.2) is 0 Å². The van der Waals surface area contributed by atoms with Gasteiger partial charge in [-0.2, -0.15) is 0 Å². The summed E-state index contributed by atoms with van der Waals surface area (Å²) in [6.07, 6.45) is 5.37. The molecule has 0 aliphatic heterocycles. The Labute approximate surface area is 209 Å². The molecule has 0 bridgehead atoms. The Morgan fingerprint density at radius 2 is 1.61 bits per heavy atom. The number of para-hydroxylation sites is 3. The predicted octanol–water partition coefficient (Wildman–Crippen LogP) is 6.77. The van der Waals surface area contributed by atoms with Crippen LogP contribution in [0, 0.1) is 0 Å². The molecule has 0 saturated heterocycles. The first-order chi connectivity index (χ1) is 17.8. The van der Waals surface area contributed by atoms with Crippen molar-refractivity contribution in [3.8, 4) is 17.1 Å². The average molecular weight is 467 g/mol. The largest absolute Gasteiger partial charge is 0.456 e. The number of hydrogen-bond acceptors (Lipinski definition) is 2. The fourth-order valence-electron chi connectivity index (χ4n) is 5.44. The van der Waals surface area contributed by atoms with Gasteiger partial charge in [0.25, 0.3) is 0 Å². The van der Waals surface area contributed by atoms with Crippen molar-refractivity contribution in [3.05, 3.63) is 119 Å². The van der Waals surface area contributed by atoms with Gasteiger partial charge in [-0.05, 0) is 66.8 Å². The molecule has 0 unspecified atom stereocenters. The Balaban J connectivity index is 1.37. The van der Waals surface area contributed by atoms with Gasteiger partial charge in [0, 0.05) is 27.4 Å². The van der Waals surface area contributed by atoms with E-state index in [-0.39, 0.29) is 0 Å². The molecule has 0 N–H and O–H groups in total. The van der Waals surface area contributed by atoms with Crippen LogP contribution >= 0.6 is 0 Å². The van der Waals surface area contributed by atoms with Gasteiger partial charge in [0.1, 0.15) is 16.8 Å². The molecule has 2 heterocycles. The number of furan rings is 1. The van der Waals surface area contributed by atoms with E-state index in [1.807, 2.05) is 12.1 Å². The number of fused-ring (bicyclic) bond motifs is 4. The quantitative estimate of drug-likeness (QED) is 0.287. The van der Waals surface area contributed by atoms with E-state index in [0.29, 0.717) is 0 Å². The highest BCUT2D eigenvalue weighted by molar-refractivity contribution is 5.84. The second-order valence-electron chi connectivity index (χ2n) is 9.42. The minimum Gasteiger partial charge on any atom is -0.456 e. The molecule has 2 aromatic heterocycles. The first kappa shape index (κ1) is 21.0. The van der Waals surface area contributed by atoms with Crippen LogP contribution in [0.15, 0.2) is 101 Å². The SMILES string of the molecule is CCc1ccc2oc3c(c2c1)=CCCC=3c1ccc(-c2nc3ccccc3n2-c2ccccc2)cc1. The summed E-state index contributed by atoms with van der Waals surface area (Å²) in [6, 6.07) is 34.2. The van der Waals surface area contributed by atoms with Crippen LogP contribution in [0.5, 0.6) is 0 Å². The number of rotatable bonds is 4. The number of nitrogens with zero attached hydrogens (tertiary/aromatic N) is 2. The van der Waals surface area contributed by atoms with Crippen LogP contribution in [0.25, 0.3) is 50.7 Å². The maximum Gasteiger partial charge on any atom is 0.145 e. The van der Waals surface area contributed by atoms with Gasteiger partial charge in [-0.3, -0.25) is 4.57 Å².